The van der Waals surface area contributed by atoms with Crippen LogP contribution in [-0.2, 0) is 0 Å². The Morgan fingerprint density at radius 3 is 2.42 bits per heavy atom. The molecule has 1 fully saturated rings. The van der Waals surface area contributed by atoms with E-state index in [0.717, 1.165) is 25.7 Å². The van der Waals surface area contributed by atoms with Gasteiger partial charge in [0.25, 0.3) is 0 Å². The molecule has 0 bridgehead atoms. The highest BCUT2D eigenvalue weighted by Crippen LogP contribution is 2.41. The van der Waals surface area contributed by atoms with Crippen LogP contribution in [0.5, 0.6) is 11.5 Å². The van der Waals surface area contributed by atoms with Gasteiger partial charge in [-0.25, -0.2) is 0 Å². The van der Waals surface area contributed by atoms with Crippen molar-refractivity contribution in [1.82, 2.24) is 0 Å². The molecule has 1 saturated carbocycles. The molecule has 1 aliphatic rings. The van der Waals surface area contributed by atoms with Crippen LogP contribution >= 0.6 is 12.4 Å². The third kappa shape index (κ3) is 3.08. The zero-order chi connectivity index (χ0) is 13.3. The second-order valence-electron chi connectivity index (χ2n) is 4.74. The molecule has 1 aliphatic carbocycles. The van der Waals surface area contributed by atoms with Crippen molar-refractivity contribution in [3.63, 3.8) is 0 Å². The highest BCUT2D eigenvalue weighted by Gasteiger charge is 2.27. The SMILES string of the molecule is Cl.N[C@H](c1cc(O)c(O)c([N+](=O)[O-])c1)C1CCCC1. The molecule has 0 unspecified atom stereocenters. The number of phenols is 2. The zero-order valence-electron chi connectivity index (χ0n) is 10.3. The van der Waals surface area contributed by atoms with Gasteiger partial charge in [0, 0.05) is 12.1 Å². The molecular weight excluding hydrogens is 272 g/mol. The van der Waals surface area contributed by atoms with Crippen LogP contribution in [0.2, 0.25) is 0 Å². The van der Waals surface area contributed by atoms with E-state index < -0.39 is 22.1 Å². The molecule has 4 N–H and O–H groups in total. The van der Waals surface area contributed by atoms with Crippen molar-refractivity contribution in [3.05, 3.63) is 27.8 Å². The molecule has 6 nitrogen and oxygen atoms in total. The first kappa shape index (κ1) is 15.5. The van der Waals surface area contributed by atoms with Gasteiger partial charge in [0.15, 0.2) is 5.75 Å². The fourth-order valence-electron chi connectivity index (χ4n) is 2.55. The molecule has 0 aliphatic heterocycles. The lowest BCUT2D eigenvalue weighted by Crippen LogP contribution is -2.19. The summed E-state index contributed by atoms with van der Waals surface area (Å²) in [6.45, 7) is 0. The lowest BCUT2D eigenvalue weighted by molar-refractivity contribution is -0.386. The van der Waals surface area contributed by atoms with Crippen LogP contribution in [0.25, 0.3) is 0 Å². The number of phenolic OH excluding ortho intramolecular Hbond substituents is 2. The number of hydrogen-bond donors (Lipinski definition) is 3. The molecule has 0 heterocycles. The zero-order valence-corrected chi connectivity index (χ0v) is 11.1. The van der Waals surface area contributed by atoms with Gasteiger partial charge in [-0.1, -0.05) is 12.8 Å². The van der Waals surface area contributed by atoms with E-state index in [2.05, 4.69) is 0 Å². The van der Waals surface area contributed by atoms with Gasteiger partial charge >= 0.3 is 5.69 Å². The highest BCUT2D eigenvalue weighted by molar-refractivity contribution is 5.85. The van der Waals surface area contributed by atoms with E-state index in [-0.39, 0.29) is 24.4 Å². The molecule has 1 atom stereocenters. The number of nitro groups is 1. The summed E-state index contributed by atoms with van der Waals surface area (Å²) in [5, 5.41) is 29.7. The minimum atomic E-state index is -0.722. The van der Waals surface area contributed by atoms with E-state index in [9.17, 15) is 20.3 Å². The van der Waals surface area contributed by atoms with Crippen LogP contribution in [0.15, 0.2) is 12.1 Å². The topological polar surface area (TPSA) is 110 Å². The summed E-state index contributed by atoms with van der Waals surface area (Å²) in [4.78, 5) is 10.0. The first-order chi connectivity index (χ1) is 8.50. The smallest absolute Gasteiger partial charge is 0.314 e. The predicted molar refractivity (Wildman–Crippen MR) is 72.6 cm³/mol. The summed E-state index contributed by atoms with van der Waals surface area (Å²) in [7, 11) is 0. The van der Waals surface area contributed by atoms with Crippen molar-refractivity contribution >= 4 is 18.1 Å². The number of nitrogens with zero attached hydrogens (tertiary/aromatic N) is 1. The minimum absolute atomic E-state index is 0. The molecule has 0 saturated heterocycles. The molecule has 0 aromatic heterocycles. The Kier molecular flexibility index (Phi) is 4.97. The summed E-state index contributed by atoms with van der Waals surface area (Å²) < 4.78 is 0. The Balaban J connectivity index is 0.00000180. The van der Waals surface area contributed by atoms with Gasteiger partial charge in [0.2, 0.25) is 5.75 Å². The van der Waals surface area contributed by atoms with E-state index in [1.807, 2.05) is 0 Å². The molecule has 7 heteroatoms. The third-order valence-corrected chi connectivity index (χ3v) is 3.58. The van der Waals surface area contributed by atoms with Gasteiger partial charge < -0.3 is 15.9 Å². The third-order valence-electron chi connectivity index (χ3n) is 3.58. The quantitative estimate of drug-likeness (QED) is 0.450. The van der Waals surface area contributed by atoms with Crippen LogP contribution in [0.1, 0.15) is 37.3 Å². The Labute approximate surface area is 116 Å². The number of rotatable bonds is 3. The van der Waals surface area contributed by atoms with Crippen LogP contribution in [0.3, 0.4) is 0 Å². The maximum atomic E-state index is 10.8. The number of nitrogens with two attached hydrogens (primary N) is 1. The number of benzene rings is 1. The average Bonchev–Trinajstić information content (AvgIpc) is 2.84. The molecule has 2 rings (SSSR count). The average molecular weight is 289 g/mol. The molecule has 0 spiro atoms. The van der Waals surface area contributed by atoms with Crippen molar-refractivity contribution in [3.8, 4) is 11.5 Å². The Hall–Kier alpha value is -1.53. The van der Waals surface area contributed by atoms with E-state index >= 15 is 0 Å². The standard InChI is InChI=1S/C12H16N2O4.ClH/c13-11(7-3-1-2-4-7)8-5-9(14(17)18)12(16)10(15)6-8;/h5-7,11,15-16H,1-4,13H2;1H/t11-;/m0./s1. The summed E-state index contributed by atoms with van der Waals surface area (Å²) >= 11 is 0. The molecule has 19 heavy (non-hydrogen) atoms. The Bertz CT molecular complexity index is 475. The van der Waals surface area contributed by atoms with Crippen molar-refractivity contribution in [1.29, 1.82) is 0 Å². The highest BCUT2D eigenvalue weighted by atomic mass is 35.5. The fraction of sp³-hybridized carbons (Fsp3) is 0.500. The van der Waals surface area contributed by atoms with Crippen LogP contribution < -0.4 is 5.73 Å². The van der Waals surface area contributed by atoms with Crippen molar-refractivity contribution in [2.45, 2.75) is 31.7 Å². The minimum Gasteiger partial charge on any atom is -0.504 e. The first-order valence-electron chi connectivity index (χ1n) is 5.96. The second kappa shape index (κ2) is 6.08. The van der Waals surface area contributed by atoms with Crippen molar-refractivity contribution in [2.75, 3.05) is 0 Å². The largest absolute Gasteiger partial charge is 0.504 e. The van der Waals surface area contributed by atoms with Gasteiger partial charge in [-0.3, -0.25) is 10.1 Å². The summed E-state index contributed by atoms with van der Waals surface area (Å²) in [6, 6.07) is 2.22. The second-order valence-corrected chi connectivity index (χ2v) is 4.74. The maximum absolute atomic E-state index is 10.8. The molecular formula is C12H17ClN2O4. The Morgan fingerprint density at radius 1 is 1.32 bits per heavy atom. The number of nitro benzene ring substituents is 1. The van der Waals surface area contributed by atoms with Gasteiger partial charge in [-0.05, 0) is 30.4 Å². The fourth-order valence-corrected chi connectivity index (χ4v) is 2.55. The van der Waals surface area contributed by atoms with Crippen LogP contribution in [-0.4, -0.2) is 15.1 Å². The monoisotopic (exact) mass is 288 g/mol. The van der Waals surface area contributed by atoms with Gasteiger partial charge in [0.05, 0.1) is 4.92 Å². The van der Waals surface area contributed by atoms with Gasteiger partial charge in [0.1, 0.15) is 0 Å². The molecule has 1 aromatic rings. The van der Waals surface area contributed by atoms with E-state index in [4.69, 9.17) is 5.73 Å². The molecule has 106 valence electrons. The number of halogens is 1. The molecule has 0 amide bonds. The summed E-state index contributed by atoms with van der Waals surface area (Å²) in [6.07, 6.45) is 4.22. The van der Waals surface area contributed by atoms with Crippen LogP contribution in [0.4, 0.5) is 5.69 Å². The normalized spacial score (nSPS) is 16.9. The lowest BCUT2D eigenvalue weighted by Gasteiger charge is -2.19. The number of hydrogen-bond acceptors (Lipinski definition) is 5. The van der Waals surface area contributed by atoms with Crippen molar-refractivity contribution in [2.24, 2.45) is 11.7 Å². The van der Waals surface area contributed by atoms with Gasteiger partial charge in [-0.2, -0.15) is 0 Å². The van der Waals surface area contributed by atoms with E-state index in [0.29, 0.717) is 5.56 Å². The summed E-state index contributed by atoms with van der Waals surface area (Å²) in [5.74, 6) is -0.913. The van der Waals surface area contributed by atoms with Gasteiger partial charge in [-0.15, -0.1) is 12.4 Å². The molecule has 0 radical (unpaired) electrons. The summed E-state index contributed by atoms with van der Waals surface area (Å²) in [5.41, 5.74) is 6.08. The molecule has 1 aromatic carbocycles. The maximum Gasteiger partial charge on any atom is 0.314 e. The number of aromatic hydroxyl groups is 2. The van der Waals surface area contributed by atoms with Crippen LogP contribution in [0, 0.1) is 16.0 Å². The Morgan fingerprint density at radius 2 is 1.89 bits per heavy atom. The van der Waals surface area contributed by atoms with E-state index in [1.165, 1.54) is 12.1 Å². The lowest BCUT2D eigenvalue weighted by atomic mass is 9.92. The predicted octanol–water partition coefficient (Wildman–Crippen LogP) is 2.62. The van der Waals surface area contributed by atoms with Crippen molar-refractivity contribution < 1.29 is 15.1 Å². The van der Waals surface area contributed by atoms with E-state index in [1.54, 1.807) is 0 Å². The first-order valence-corrected chi connectivity index (χ1v) is 5.96.